The van der Waals surface area contributed by atoms with Crippen molar-refractivity contribution in [2.45, 2.75) is 0 Å². The topological polar surface area (TPSA) is 54.9 Å². The van der Waals surface area contributed by atoms with Gasteiger partial charge in [0.1, 0.15) is 5.84 Å². The average Bonchev–Trinajstić information content (AvgIpc) is 2.70. The minimum absolute atomic E-state index is 0.781. The molecular weight excluding hydrogens is 360 g/mol. The number of benzene rings is 2. The number of amidine groups is 1. The van der Waals surface area contributed by atoms with E-state index in [0.717, 1.165) is 65.5 Å². The molecule has 0 spiro atoms. The van der Waals surface area contributed by atoms with Crippen molar-refractivity contribution in [2.24, 2.45) is 4.99 Å². The Morgan fingerprint density at radius 1 is 1.00 bits per heavy atom. The van der Waals surface area contributed by atoms with Crippen LogP contribution in [0.3, 0.4) is 0 Å². The van der Waals surface area contributed by atoms with Crippen molar-refractivity contribution in [1.29, 1.82) is 0 Å². The molecular formula is C20H21ClN6. The van der Waals surface area contributed by atoms with Gasteiger partial charge in [-0.25, -0.2) is 4.99 Å². The van der Waals surface area contributed by atoms with E-state index in [1.165, 1.54) is 5.69 Å². The third-order valence-electron chi connectivity index (χ3n) is 5.21. The molecule has 3 aliphatic rings. The van der Waals surface area contributed by atoms with E-state index < -0.39 is 0 Å². The van der Waals surface area contributed by atoms with Crippen molar-refractivity contribution in [2.75, 3.05) is 42.9 Å². The van der Waals surface area contributed by atoms with Gasteiger partial charge in [-0.15, -0.1) is 0 Å². The maximum absolute atomic E-state index is 6.00. The molecule has 27 heavy (non-hydrogen) atoms. The number of aliphatic imine (C=N–C) groups is 1. The van der Waals surface area contributed by atoms with Crippen molar-refractivity contribution in [3.63, 3.8) is 0 Å². The van der Waals surface area contributed by atoms with Gasteiger partial charge in [-0.2, -0.15) is 0 Å². The van der Waals surface area contributed by atoms with Gasteiger partial charge in [0.2, 0.25) is 0 Å². The van der Waals surface area contributed by atoms with Crippen molar-refractivity contribution < 1.29 is 0 Å². The zero-order chi connectivity index (χ0) is 18.2. The Morgan fingerprint density at radius 2 is 1.81 bits per heavy atom. The molecule has 3 aliphatic heterocycles. The minimum Gasteiger partial charge on any atom is -0.369 e. The molecule has 0 radical (unpaired) electrons. The van der Waals surface area contributed by atoms with Gasteiger partial charge < -0.3 is 15.6 Å². The molecule has 0 aromatic heterocycles. The summed E-state index contributed by atoms with van der Waals surface area (Å²) in [6, 6.07) is 14.3. The SMILES string of the molecule is Clc1ccc(N2CCN(CC3=NC4=c5c(cccc5=CNN4)N3)CC2)cc1. The second-order valence-corrected chi connectivity index (χ2v) is 7.39. The lowest BCUT2D eigenvalue weighted by atomic mass is 10.1. The first kappa shape index (κ1) is 16.5. The first-order chi connectivity index (χ1) is 13.3. The molecule has 0 saturated carbocycles. The zero-order valence-corrected chi connectivity index (χ0v) is 15.6. The molecule has 3 heterocycles. The second-order valence-electron chi connectivity index (χ2n) is 6.96. The summed E-state index contributed by atoms with van der Waals surface area (Å²) in [6.07, 6.45) is 1.96. The van der Waals surface area contributed by atoms with E-state index in [-0.39, 0.29) is 0 Å². The molecule has 7 heteroatoms. The number of piperazine rings is 1. The number of rotatable bonds is 3. The predicted molar refractivity (Wildman–Crippen MR) is 111 cm³/mol. The summed E-state index contributed by atoms with van der Waals surface area (Å²) in [7, 11) is 0. The summed E-state index contributed by atoms with van der Waals surface area (Å²) >= 11 is 6.00. The van der Waals surface area contributed by atoms with Gasteiger partial charge in [-0.05, 0) is 30.3 Å². The number of hydrogen-bond donors (Lipinski definition) is 3. The molecule has 0 amide bonds. The quantitative estimate of drug-likeness (QED) is 0.738. The molecule has 2 aromatic rings. The van der Waals surface area contributed by atoms with Crippen LogP contribution in [0.15, 0.2) is 47.5 Å². The maximum Gasteiger partial charge on any atom is 0.156 e. The van der Waals surface area contributed by atoms with Crippen LogP contribution in [0.2, 0.25) is 5.02 Å². The number of hydrazine groups is 1. The highest BCUT2D eigenvalue weighted by Gasteiger charge is 2.21. The van der Waals surface area contributed by atoms with Gasteiger partial charge in [0.25, 0.3) is 0 Å². The molecule has 0 atom stereocenters. The van der Waals surface area contributed by atoms with Crippen molar-refractivity contribution >= 4 is 40.8 Å². The van der Waals surface area contributed by atoms with Crippen molar-refractivity contribution in [3.05, 3.63) is 57.9 Å². The van der Waals surface area contributed by atoms with Gasteiger partial charge in [0.15, 0.2) is 5.82 Å². The smallest absolute Gasteiger partial charge is 0.156 e. The highest BCUT2D eigenvalue weighted by molar-refractivity contribution is 6.30. The summed E-state index contributed by atoms with van der Waals surface area (Å²) in [4.78, 5) is 9.64. The molecule has 138 valence electrons. The van der Waals surface area contributed by atoms with Crippen LogP contribution in [0.1, 0.15) is 0 Å². The summed E-state index contributed by atoms with van der Waals surface area (Å²) < 4.78 is 0. The number of nitrogens with zero attached hydrogens (tertiary/aromatic N) is 3. The molecule has 0 aliphatic carbocycles. The standard InChI is InChI=1S/C20H21ClN6/c21-15-4-6-16(7-5-15)27-10-8-26(9-11-27)13-18-23-17-3-1-2-14-12-22-25-20(24-18)19(14)17/h1-7,12,22,25H,8-11,13H2,(H,23,24). The van der Waals surface area contributed by atoms with E-state index in [0.29, 0.717) is 0 Å². The monoisotopic (exact) mass is 380 g/mol. The van der Waals surface area contributed by atoms with Crippen LogP contribution in [-0.4, -0.2) is 43.5 Å². The Hall–Kier alpha value is -2.70. The largest absolute Gasteiger partial charge is 0.369 e. The Morgan fingerprint density at radius 3 is 2.63 bits per heavy atom. The Bertz CT molecular complexity index is 1010. The summed E-state index contributed by atoms with van der Waals surface area (Å²) in [5.41, 5.74) is 8.59. The highest BCUT2D eigenvalue weighted by Crippen LogP contribution is 2.19. The fraction of sp³-hybridized carbons (Fsp3) is 0.250. The molecule has 3 N–H and O–H groups in total. The molecule has 5 rings (SSSR count). The molecule has 1 fully saturated rings. The third kappa shape index (κ3) is 3.22. The van der Waals surface area contributed by atoms with Crippen LogP contribution in [0, 0.1) is 0 Å². The Labute approximate surface area is 162 Å². The van der Waals surface area contributed by atoms with Gasteiger partial charge >= 0.3 is 0 Å². The highest BCUT2D eigenvalue weighted by atomic mass is 35.5. The fourth-order valence-corrected chi connectivity index (χ4v) is 3.93. The predicted octanol–water partition coefficient (Wildman–Crippen LogP) is 0.898. The van der Waals surface area contributed by atoms with E-state index in [4.69, 9.17) is 16.6 Å². The lowest BCUT2D eigenvalue weighted by Crippen LogP contribution is -2.51. The van der Waals surface area contributed by atoms with E-state index in [9.17, 15) is 0 Å². The number of halogens is 1. The van der Waals surface area contributed by atoms with Crippen LogP contribution in [0.5, 0.6) is 0 Å². The molecule has 0 unspecified atom stereocenters. The first-order valence-corrected chi connectivity index (χ1v) is 9.57. The van der Waals surface area contributed by atoms with Gasteiger partial charge in [0, 0.05) is 48.3 Å². The summed E-state index contributed by atoms with van der Waals surface area (Å²) in [5.74, 6) is 1.86. The number of hydrogen-bond acceptors (Lipinski definition) is 6. The van der Waals surface area contributed by atoms with Crippen molar-refractivity contribution in [1.82, 2.24) is 15.8 Å². The van der Waals surface area contributed by atoms with Crippen LogP contribution >= 0.6 is 11.6 Å². The van der Waals surface area contributed by atoms with Crippen LogP contribution in [-0.2, 0) is 0 Å². The molecule has 0 bridgehead atoms. The molecule has 2 aromatic carbocycles. The fourth-order valence-electron chi connectivity index (χ4n) is 3.81. The molecule has 1 saturated heterocycles. The zero-order valence-electron chi connectivity index (χ0n) is 14.9. The lowest BCUT2D eigenvalue weighted by Gasteiger charge is -2.36. The van der Waals surface area contributed by atoms with E-state index in [1.54, 1.807) is 0 Å². The average molecular weight is 381 g/mol. The third-order valence-corrected chi connectivity index (χ3v) is 5.47. The van der Waals surface area contributed by atoms with Crippen molar-refractivity contribution in [3.8, 4) is 0 Å². The first-order valence-electron chi connectivity index (χ1n) is 9.19. The Kier molecular flexibility index (Phi) is 4.14. The van der Waals surface area contributed by atoms with Gasteiger partial charge in [0.05, 0.1) is 17.5 Å². The van der Waals surface area contributed by atoms with Crippen LogP contribution in [0.25, 0.3) is 12.0 Å². The normalized spacial score (nSPS) is 18.5. The summed E-state index contributed by atoms with van der Waals surface area (Å²) in [6.45, 7) is 4.82. The van der Waals surface area contributed by atoms with Crippen LogP contribution in [0.4, 0.5) is 11.4 Å². The summed E-state index contributed by atoms with van der Waals surface area (Å²) in [5, 5.41) is 6.56. The number of anilines is 2. The van der Waals surface area contributed by atoms with Gasteiger partial charge in [-0.3, -0.25) is 10.3 Å². The van der Waals surface area contributed by atoms with Crippen LogP contribution < -0.4 is 31.5 Å². The second kappa shape index (κ2) is 6.79. The number of nitrogens with one attached hydrogen (secondary N) is 3. The Balaban J connectivity index is 1.28. The maximum atomic E-state index is 6.00. The van der Waals surface area contributed by atoms with Gasteiger partial charge in [-0.1, -0.05) is 23.7 Å². The van der Waals surface area contributed by atoms with E-state index >= 15 is 0 Å². The molecule has 6 nitrogen and oxygen atoms in total. The van der Waals surface area contributed by atoms with E-state index in [2.05, 4.69) is 56.3 Å². The van der Waals surface area contributed by atoms with E-state index in [1.807, 2.05) is 18.3 Å². The minimum atomic E-state index is 0.781. The lowest BCUT2D eigenvalue weighted by molar-refractivity contribution is 0.291.